The second-order valence-corrected chi connectivity index (χ2v) is 8.60. The molecule has 0 aromatic rings. The van der Waals surface area contributed by atoms with Crippen molar-refractivity contribution in [1.82, 2.24) is 5.06 Å². The second-order valence-electron chi connectivity index (χ2n) is 8.60. The zero-order valence-corrected chi connectivity index (χ0v) is 19.3. The number of carbonyl (C=O) groups excluding carboxylic acids is 2. The summed E-state index contributed by atoms with van der Waals surface area (Å²) in [6.07, 6.45) is 13.6. The number of nitrogens with zero attached hydrogens (tertiary/aromatic N) is 1. The Kier molecular flexibility index (Phi) is 12.7. The molecule has 1 aliphatic rings. The van der Waals surface area contributed by atoms with E-state index < -0.39 is 23.9 Å². The highest BCUT2D eigenvalue weighted by molar-refractivity contribution is 5.92. The fourth-order valence-electron chi connectivity index (χ4n) is 3.73. The third kappa shape index (κ3) is 10.1. The molecular weight excluding hydrogens is 370 g/mol. The standard InChI is InChI=1S/C23H43NO5/c1-6-7-8-9-10-11-12-13-14-15-16-17-18-19(25)20-21(22(26)24(4)27-5)29-23(2,3)28-20/h20-21H,6-18H2,1-5H3/t20-,21+/m0/s1. The molecule has 2 atom stereocenters. The Hall–Kier alpha value is -0.980. The second kappa shape index (κ2) is 14.1. The summed E-state index contributed by atoms with van der Waals surface area (Å²) in [5.74, 6) is -1.41. The Morgan fingerprint density at radius 3 is 1.76 bits per heavy atom. The number of hydrogen-bond acceptors (Lipinski definition) is 5. The van der Waals surface area contributed by atoms with Crippen molar-refractivity contribution >= 4 is 11.7 Å². The Morgan fingerprint density at radius 2 is 1.28 bits per heavy atom. The summed E-state index contributed by atoms with van der Waals surface area (Å²) < 4.78 is 11.4. The van der Waals surface area contributed by atoms with Gasteiger partial charge in [-0.15, -0.1) is 0 Å². The van der Waals surface area contributed by atoms with Crippen LogP contribution in [0.5, 0.6) is 0 Å². The molecule has 1 saturated heterocycles. The van der Waals surface area contributed by atoms with E-state index in [-0.39, 0.29) is 5.78 Å². The molecule has 1 rings (SSSR count). The highest BCUT2D eigenvalue weighted by Crippen LogP contribution is 2.30. The summed E-state index contributed by atoms with van der Waals surface area (Å²) in [5, 5.41) is 1.08. The summed E-state index contributed by atoms with van der Waals surface area (Å²) in [4.78, 5) is 30.0. The Balaban J connectivity index is 2.19. The zero-order chi connectivity index (χ0) is 21.7. The zero-order valence-electron chi connectivity index (χ0n) is 19.3. The molecule has 0 unspecified atom stereocenters. The van der Waals surface area contributed by atoms with Crippen molar-refractivity contribution in [1.29, 1.82) is 0 Å². The first kappa shape index (κ1) is 26.1. The van der Waals surface area contributed by atoms with Gasteiger partial charge in [-0.25, -0.2) is 5.06 Å². The molecule has 0 N–H and O–H groups in total. The van der Waals surface area contributed by atoms with Gasteiger partial charge in [0.2, 0.25) is 0 Å². The average molecular weight is 414 g/mol. The first-order chi connectivity index (χ1) is 13.8. The summed E-state index contributed by atoms with van der Waals surface area (Å²) in [6, 6.07) is 0. The van der Waals surface area contributed by atoms with Crippen molar-refractivity contribution in [3.8, 4) is 0 Å². The molecule has 0 aliphatic carbocycles. The van der Waals surface area contributed by atoms with Gasteiger partial charge >= 0.3 is 0 Å². The number of hydroxylamine groups is 2. The third-order valence-electron chi connectivity index (χ3n) is 5.52. The molecule has 1 amide bonds. The SMILES string of the molecule is CCCCCCCCCCCCCCC(=O)[C@@H]1OC(C)(C)O[C@H]1C(=O)N(C)OC. The van der Waals surface area contributed by atoms with E-state index in [1.54, 1.807) is 13.8 Å². The number of unbranched alkanes of at least 4 members (excludes halogenated alkanes) is 11. The van der Waals surface area contributed by atoms with Crippen LogP contribution in [0.2, 0.25) is 0 Å². The van der Waals surface area contributed by atoms with Crippen LogP contribution in [0.4, 0.5) is 0 Å². The molecule has 6 heteroatoms. The van der Waals surface area contributed by atoms with Crippen LogP contribution >= 0.6 is 0 Å². The predicted molar refractivity (Wildman–Crippen MR) is 114 cm³/mol. The molecule has 6 nitrogen and oxygen atoms in total. The molecule has 29 heavy (non-hydrogen) atoms. The van der Waals surface area contributed by atoms with Crippen molar-refractivity contribution < 1.29 is 23.9 Å². The minimum absolute atomic E-state index is 0.0643. The molecule has 0 aromatic carbocycles. The topological polar surface area (TPSA) is 65.1 Å². The Bertz CT molecular complexity index is 480. The average Bonchev–Trinajstić information content (AvgIpc) is 3.03. The van der Waals surface area contributed by atoms with Crippen molar-refractivity contribution in [2.45, 2.75) is 122 Å². The largest absolute Gasteiger partial charge is 0.336 e. The van der Waals surface area contributed by atoms with Crippen LogP contribution in [0.25, 0.3) is 0 Å². The number of Topliss-reactive ketones (excluding diaryl/α,β-unsaturated/α-hetero) is 1. The number of hydrogen-bond donors (Lipinski definition) is 0. The van der Waals surface area contributed by atoms with E-state index in [0.29, 0.717) is 6.42 Å². The van der Waals surface area contributed by atoms with Crippen LogP contribution in [0, 0.1) is 0 Å². The Morgan fingerprint density at radius 1 is 0.828 bits per heavy atom. The lowest BCUT2D eigenvalue weighted by atomic mass is 10.0. The quantitative estimate of drug-likeness (QED) is 0.257. The fraction of sp³-hybridized carbons (Fsp3) is 0.913. The van der Waals surface area contributed by atoms with Gasteiger partial charge in [-0.1, -0.05) is 77.6 Å². The number of ketones is 1. The summed E-state index contributed by atoms with van der Waals surface area (Å²) in [6.45, 7) is 5.69. The maximum Gasteiger partial charge on any atom is 0.278 e. The van der Waals surface area contributed by atoms with Gasteiger partial charge in [0.25, 0.3) is 5.91 Å². The molecule has 0 bridgehead atoms. The highest BCUT2D eigenvalue weighted by atomic mass is 16.8. The number of ether oxygens (including phenoxy) is 2. The number of amides is 1. The number of rotatable bonds is 16. The van der Waals surface area contributed by atoms with Crippen LogP contribution in [0.1, 0.15) is 104 Å². The molecular formula is C23H43NO5. The van der Waals surface area contributed by atoms with Gasteiger partial charge < -0.3 is 9.47 Å². The third-order valence-corrected chi connectivity index (χ3v) is 5.52. The lowest BCUT2D eigenvalue weighted by Crippen LogP contribution is -2.44. The molecule has 0 saturated carbocycles. The van der Waals surface area contributed by atoms with Gasteiger partial charge in [-0.3, -0.25) is 14.4 Å². The van der Waals surface area contributed by atoms with Crippen molar-refractivity contribution in [3.05, 3.63) is 0 Å². The van der Waals surface area contributed by atoms with E-state index in [1.165, 1.54) is 71.9 Å². The summed E-state index contributed by atoms with van der Waals surface area (Å²) in [7, 11) is 2.91. The minimum atomic E-state index is -0.953. The molecule has 0 aromatic heterocycles. The first-order valence-corrected chi connectivity index (χ1v) is 11.5. The summed E-state index contributed by atoms with van der Waals surface area (Å²) >= 11 is 0. The monoisotopic (exact) mass is 413 g/mol. The van der Waals surface area contributed by atoms with Crippen LogP contribution in [0.3, 0.4) is 0 Å². The van der Waals surface area contributed by atoms with Crippen molar-refractivity contribution in [2.24, 2.45) is 0 Å². The van der Waals surface area contributed by atoms with E-state index >= 15 is 0 Å². The first-order valence-electron chi connectivity index (χ1n) is 11.5. The number of carbonyl (C=O) groups is 2. The van der Waals surface area contributed by atoms with Crippen molar-refractivity contribution in [2.75, 3.05) is 14.2 Å². The van der Waals surface area contributed by atoms with Gasteiger partial charge in [-0.05, 0) is 20.3 Å². The van der Waals surface area contributed by atoms with Crippen LogP contribution < -0.4 is 0 Å². The molecule has 0 spiro atoms. The molecule has 1 fully saturated rings. The normalized spacial score (nSPS) is 20.7. The van der Waals surface area contributed by atoms with E-state index in [4.69, 9.17) is 14.3 Å². The van der Waals surface area contributed by atoms with Gasteiger partial charge in [-0.2, -0.15) is 0 Å². The van der Waals surface area contributed by atoms with Crippen molar-refractivity contribution in [3.63, 3.8) is 0 Å². The van der Waals surface area contributed by atoms with Crippen LogP contribution in [0.15, 0.2) is 0 Å². The van der Waals surface area contributed by atoms with Crippen LogP contribution in [-0.2, 0) is 23.9 Å². The Labute approximate surface area is 177 Å². The van der Waals surface area contributed by atoms with Gasteiger partial charge in [0.05, 0.1) is 7.11 Å². The molecule has 0 radical (unpaired) electrons. The van der Waals surface area contributed by atoms with Gasteiger partial charge in [0.15, 0.2) is 23.8 Å². The molecule has 1 heterocycles. The van der Waals surface area contributed by atoms with Gasteiger partial charge in [0, 0.05) is 13.5 Å². The lowest BCUT2D eigenvalue weighted by molar-refractivity contribution is -0.187. The van der Waals surface area contributed by atoms with E-state index in [0.717, 1.165) is 24.3 Å². The highest BCUT2D eigenvalue weighted by Gasteiger charge is 2.49. The number of likely N-dealkylation sites (N-methyl/N-ethyl adjacent to an activating group) is 1. The van der Waals surface area contributed by atoms with Gasteiger partial charge in [0.1, 0.15) is 0 Å². The predicted octanol–water partition coefficient (Wildman–Crippen LogP) is 5.19. The van der Waals surface area contributed by atoms with E-state index in [1.807, 2.05) is 0 Å². The van der Waals surface area contributed by atoms with Crippen LogP contribution in [-0.4, -0.2) is 48.9 Å². The minimum Gasteiger partial charge on any atom is -0.336 e. The molecule has 1 aliphatic heterocycles. The smallest absolute Gasteiger partial charge is 0.278 e. The van der Waals surface area contributed by atoms with E-state index in [2.05, 4.69) is 6.92 Å². The lowest BCUT2D eigenvalue weighted by Gasteiger charge is -2.20. The maximum atomic E-state index is 12.6. The fourth-order valence-corrected chi connectivity index (χ4v) is 3.73. The summed E-state index contributed by atoms with van der Waals surface area (Å²) in [5.41, 5.74) is 0. The van der Waals surface area contributed by atoms with E-state index in [9.17, 15) is 9.59 Å². The maximum absolute atomic E-state index is 12.6. The molecule has 170 valence electrons.